The Kier molecular flexibility index (Phi) is 8.09. The van der Waals surface area contributed by atoms with Gasteiger partial charge in [-0.25, -0.2) is 4.79 Å². The number of hydrogen-bond donors (Lipinski definition) is 1. The number of piperazine rings is 1. The largest absolute Gasteiger partial charge is 0.467 e. The quantitative estimate of drug-likeness (QED) is 0.215. The van der Waals surface area contributed by atoms with E-state index in [1.807, 2.05) is 31.7 Å². The zero-order valence-electron chi connectivity index (χ0n) is 27.7. The number of methoxy groups -OCH3 is 1. The number of hydrogen-bond acceptors (Lipinski definition) is 10. The molecule has 6 rings (SSSR count). The van der Waals surface area contributed by atoms with E-state index in [0.717, 1.165) is 12.8 Å². The van der Waals surface area contributed by atoms with E-state index in [2.05, 4.69) is 25.4 Å². The maximum Gasteiger partial charge on any atom is 0.417 e. The van der Waals surface area contributed by atoms with Crippen LogP contribution < -0.4 is 15.1 Å². The maximum absolute atomic E-state index is 14.8. The Bertz CT molecular complexity index is 2000. The van der Waals surface area contributed by atoms with Crippen molar-refractivity contribution in [2.75, 3.05) is 32.1 Å². The number of carbonyl (C=O) groups is 1. The fraction of sp³-hybridized carbons (Fsp3) is 0.455. The number of anilines is 1. The van der Waals surface area contributed by atoms with E-state index in [4.69, 9.17) is 14.5 Å². The number of nitriles is 1. The first-order valence-electron chi connectivity index (χ1n) is 15.5. The lowest BCUT2D eigenvalue weighted by atomic mass is 9.90. The average Bonchev–Trinajstić information content (AvgIpc) is 3.47. The number of rotatable bonds is 5. The molecule has 4 aromatic rings. The Morgan fingerprint density at radius 3 is 2.40 bits per heavy atom. The van der Waals surface area contributed by atoms with Crippen molar-refractivity contribution in [1.29, 1.82) is 5.26 Å². The summed E-state index contributed by atoms with van der Waals surface area (Å²) in [7, 11) is 4.61. The Labute approximate surface area is 275 Å². The summed E-state index contributed by atoms with van der Waals surface area (Å²) in [5, 5.41) is 15.1. The zero-order valence-corrected chi connectivity index (χ0v) is 27.7. The van der Waals surface area contributed by atoms with Crippen molar-refractivity contribution in [3.63, 3.8) is 0 Å². The molecule has 1 N–H and O–H groups in total. The van der Waals surface area contributed by atoms with Gasteiger partial charge in [0, 0.05) is 49.9 Å². The van der Waals surface area contributed by atoms with Crippen LogP contribution in [-0.4, -0.2) is 81.2 Å². The van der Waals surface area contributed by atoms with Crippen molar-refractivity contribution in [1.82, 2.24) is 29.8 Å². The van der Waals surface area contributed by atoms with Gasteiger partial charge in [-0.1, -0.05) is 12.1 Å². The molecule has 2 saturated heterocycles. The summed E-state index contributed by atoms with van der Waals surface area (Å²) < 4.78 is 57.4. The predicted molar refractivity (Wildman–Crippen MR) is 174 cm³/mol. The number of carbonyl (C=O) groups excluding carboxylic acids is 1. The summed E-state index contributed by atoms with van der Waals surface area (Å²) in [5.74, 6) is 0.537. The summed E-state index contributed by atoms with van der Waals surface area (Å²) >= 11 is 0. The first-order valence-corrected chi connectivity index (χ1v) is 15.5. The number of amides is 1. The Balaban J connectivity index is 1.58. The van der Waals surface area contributed by atoms with Crippen LogP contribution in [0.4, 0.5) is 23.8 Å². The normalized spacial score (nSPS) is 18.4. The standard InChI is InChI=1S/C33H36F3N9O3/c1-17-8-11-20(22(14-37)42-38-5)23(25(17)33(34,35)36)26-27-21(12-13-39-26)24-28(43(27)6)40-30(47-7)41-29(24)44-15-18-9-10-19(16-44)45(18)31(46)48-32(2,3)4/h8,11-13,18-19,38H,9-10,15-16H2,1-7H3/b42-22-. The van der Waals surface area contributed by atoms with Crippen molar-refractivity contribution in [3.05, 3.63) is 41.1 Å². The van der Waals surface area contributed by atoms with Gasteiger partial charge >= 0.3 is 18.3 Å². The van der Waals surface area contributed by atoms with Crippen LogP contribution in [-0.2, 0) is 18.0 Å². The summed E-state index contributed by atoms with van der Waals surface area (Å²) in [6, 6.07) is 6.27. The lowest BCUT2D eigenvalue weighted by molar-refractivity contribution is -0.137. The fourth-order valence-corrected chi connectivity index (χ4v) is 6.97. The van der Waals surface area contributed by atoms with E-state index >= 15 is 0 Å². The van der Waals surface area contributed by atoms with Crippen LogP contribution in [0.15, 0.2) is 29.5 Å². The SMILES string of the molecule is CN/N=C(/C#N)c1ccc(C)c(C(F)(F)F)c1-c1nccc2c3c(N4CC5CCC(C4)N5C(=O)OC(C)(C)C)nc(OC)nc3n(C)c12. The van der Waals surface area contributed by atoms with Crippen molar-refractivity contribution in [2.24, 2.45) is 12.1 Å². The molecule has 5 heterocycles. The van der Waals surface area contributed by atoms with Crippen LogP contribution in [0.1, 0.15) is 50.3 Å². The van der Waals surface area contributed by atoms with Gasteiger partial charge in [-0.15, -0.1) is 0 Å². The summed E-state index contributed by atoms with van der Waals surface area (Å²) in [4.78, 5) is 31.0. The minimum absolute atomic E-state index is 0.0119. The number of nitrogens with zero attached hydrogens (tertiary/aromatic N) is 8. The number of alkyl halides is 3. The van der Waals surface area contributed by atoms with E-state index in [1.54, 1.807) is 17.7 Å². The third-order valence-corrected chi connectivity index (χ3v) is 8.78. The molecule has 3 aromatic heterocycles. The second-order valence-electron chi connectivity index (χ2n) is 13.0. The second-order valence-corrected chi connectivity index (χ2v) is 13.0. The number of halogens is 3. The third-order valence-electron chi connectivity index (χ3n) is 8.78. The lowest BCUT2D eigenvalue weighted by Crippen LogP contribution is -2.57. The number of pyridine rings is 1. The molecule has 252 valence electrons. The van der Waals surface area contributed by atoms with Gasteiger partial charge in [0.05, 0.1) is 41.4 Å². The summed E-state index contributed by atoms with van der Waals surface area (Å²) in [6.07, 6.45) is -2.09. The van der Waals surface area contributed by atoms with Gasteiger partial charge in [0.25, 0.3) is 0 Å². The molecule has 2 aliphatic heterocycles. The number of aryl methyl sites for hydroxylation is 2. The highest BCUT2D eigenvalue weighted by molar-refractivity contribution is 6.19. The molecule has 12 nitrogen and oxygen atoms in total. The second kappa shape index (κ2) is 11.8. The van der Waals surface area contributed by atoms with Crippen molar-refractivity contribution < 1.29 is 27.4 Å². The van der Waals surface area contributed by atoms with Crippen LogP contribution in [0, 0.1) is 18.3 Å². The molecule has 2 bridgehead atoms. The Morgan fingerprint density at radius 1 is 1.12 bits per heavy atom. The van der Waals surface area contributed by atoms with Crippen LogP contribution in [0.5, 0.6) is 6.01 Å². The van der Waals surface area contributed by atoms with E-state index in [-0.39, 0.29) is 52.3 Å². The van der Waals surface area contributed by atoms with Crippen LogP contribution in [0.2, 0.25) is 0 Å². The molecule has 0 aliphatic carbocycles. The first-order chi connectivity index (χ1) is 22.7. The fourth-order valence-electron chi connectivity index (χ4n) is 6.97. The van der Waals surface area contributed by atoms with E-state index in [0.29, 0.717) is 40.8 Å². The molecule has 0 radical (unpaired) electrons. The molecule has 15 heteroatoms. The van der Waals surface area contributed by atoms with Crippen LogP contribution >= 0.6 is 0 Å². The topological polar surface area (TPSA) is 134 Å². The first kappa shape index (κ1) is 32.8. The van der Waals surface area contributed by atoms with Gasteiger partial charge in [-0.2, -0.15) is 33.5 Å². The minimum Gasteiger partial charge on any atom is -0.467 e. The number of benzene rings is 1. The molecule has 2 unspecified atom stereocenters. The lowest BCUT2D eigenvalue weighted by Gasteiger charge is -2.42. The number of hydrazone groups is 1. The number of aromatic nitrogens is 4. The predicted octanol–water partition coefficient (Wildman–Crippen LogP) is 5.55. The molecule has 0 saturated carbocycles. The summed E-state index contributed by atoms with van der Waals surface area (Å²) in [6.45, 7) is 7.81. The van der Waals surface area contributed by atoms with Gasteiger partial charge in [0.2, 0.25) is 0 Å². The maximum atomic E-state index is 14.8. The number of nitrogens with one attached hydrogen (secondary N) is 1. The van der Waals surface area contributed by atoms with E-state index in [1.165, 1.54) is 39.4 Å². The van der Waals surface area contributed by atoms with Gasteiger partial charge in [-0.05, 0) is 52.2 Å². The smallest absolute Gasteiger partial charge is 0.417 e. The van der Waals surface area contributed by atoms with Crippen molar-refractivity contribution in [2.45, 2.75) is 64.4 Å². The van der Waals surface area contributed by atoms with E-state index < -0.39 is 17.3 Å². The van der Waals surface area contributed by atoms with Crippen molar-refractivity contribution >= 4 is 39.6 Å². The molecule has 1 aromatic carbocycles. The van der Waals surface area contributed by atoms with Crippen LogP contribution in [0.25, 0.3) is 33.2 Å². The Morgan fingerprint density at radius 2 is 1.81 bits per heavy atom. The number of fused-ring (bicyclic) bond motifs is 5. The highest BCUT2D eigenvalue weighted by Crippen LogP contribution is 2.45. The van der Waals surface area contributed by atoms with Gasteiger partial charge in [0.15, 0.2) is 5.71 Å². The average molecular weight is 664 g/mol. The monoisotopic (exact) mass is 663 g/mol. The van der Waals surface area contributed by atoms with Gasteiger partial charge < -0.3 is 24.4 Å². The molecule has 2 fully saturated rings. The molecular formula is C33H36F3N9O3. The third kappa shape index (κ3) is 5.48. The Hall–Kier alpha value is -5.13. The molecule has 48 heavy (non-hydrogen) atoms. The molecular weight excluding hydrogens is 627 g/mol. The molecule has 2 atom stereocenters. The van der Waals surface area contributed by atoms with Gasteiger partial charge in [0.1, 0.15) is 23.1 Å². The minimum atomic E-state index is -4.77. The highest BCUT2D eigenvalue weighted by Gasteiger charge is 2.45. The highest BCUT2D eigenvalue weighted by atomic mass is 19.4. The number of ether oxygens (including phenoxy) is 2. The van der Waals surface area contributed by atoms with Crippen LogP contribution in [0.3, 0.4) is 0 Å². The molecule has 2 aliphatic rings. The summed E-state index contributed by atoms with van der Waals surface area (Å²) in [5.41, 5.74) is 1.24. The zero-order chi connectivity index (χ0) is 34.7. The molecule has 0 spiro atoms. The van der Waals surface area contributed by atoms with Crippen molar-refractivity contribution in [3.8, 4) is 23.3 Å². The van der Waals surface area contributed by atoms with E-state index in [9.17, 15) is 23.2 Å². The van der Waals surface area contributed by atoms with Gasteiger partial charge in [-0.3, -0.25) is 9.88 Å². The molecule has 1 amide bonds.